The molecule has 6 heteroatoms. The van der Waals surface area contributed by atoms with Gasteiger partial charge in [0.25, 0.3) is 0 Å². The number of nitrogens with one attached hydrogen (secondary N) is 1. The van der Waals surface area contributed by atoms with Crippen molar-refractivity contribution in [2.75, 3.05) is 11.1 Å². The van der Waals surface area contributed by atoms with Crippen LogP contribution in [0.25, 0.3) is 0 Å². The summed E-state index contributed by atoms with van der Waals surface area (Å²) in [5, 5.41) is 2.30. The van der Waals surface area contributed by atoms with Gasteiger partial charge in [0.2, 0.25) is 0 Å². The number of nitrogens with two attached hydrogens (primary N) is 1. The van der Waals surface area contributed by atoms with E-state index in [2.05, 4.69) is 5.32 Å². The first-order valence-electron chi connectivity index (χ1n) is 4.94. The zero-order valence-electron chi connectivity index (χ0n) is 8.98. The van der Waals surface area contributed by atoms with Gasteiger partial charge in [-0.25, -0.2) is 17.6 Å². The first-order valence-corrected chi connectivity index (χ1v) is 4.94. The Morgan fingerprint density at radius 1 is 0.889 bits per heavy atom. The molecule has 0 saturated heterocycles. The van der Waals surface area contributed by atoms with Crippen molar-refractivity contribution in [3.63, 3.8) is 0 Å². The summed E-state index contributed by atoms with van der Waals surface area (Å²) in [6.07, 6.45) is 0. The summed E-state index contributed by atoms with van der Waals surface area (Å²) in [7, 11) is 0. The van der Waals surface area contributed by atoms with Crippen molar-refractivity contribution in [3.8, 4) is 0 Å². The van der Waals surface area contributed by atoms with Crippen LogP contribution in [0.5, 0.6) is 0 Å². The van der Waals surface area contributed by atoms with Crippen molar-refractivity contribution < 1.29 is 17.6 Å². The highest BCUT2D eigenvalue weighted by Gasteiger charge is 2.13. The molecule has 18 heavy (non-hydrogen) atoms. The molecule has 2 nitrogen and oxygen atoms in total. The summed E-state index contributed by atoms with van der Waals surface area (Å²) < 4.78 is 52.5. The first-order chi connectivity index (χ1) is 8.49. The normalized spacial score (nSPS) is 10.4. The standard InChI is InChI=1S/C12H8F4N2/c13-6-1-4-10(8(15)5-6)18-12-9(17)3-2-7(14)11(12)16/h1-5,18H,17H2. The van der Waals surface area contributed by atoms with Crippen LogP contribution in [0.4, 0.5) is 34.6 Å². The Hall–Kier alpha value is -2.24. The predicted octanol–water partition coefficient (Wildman–Crippen LogP) is 3.57. The molecule has 94 valence electrons. The molecule has 0 radical (unpaired) electrons. The maximum absolute atomic E-state index is 13.4. The van der Waals surface area contributed by atoms with E-state index in [0.717, 1.165) is 24.3 Å². The van der Waals surface area contributed by atoms with Gasteiger partial charge in [-0.1, -0.05) is 0 Å². The van der Waals surface area contributed by atoms with E-state index in [9.17, 15) is 17.6 Å². The molecule has 0 aliphatic carbocycles. The largest absolute Gasteiger partial charge is 0.397 e. The highest BCUT2D eigenvalue weighted by atomic mass is 19.2. The SMILES string of the molecule is Nc1ccc(F)c(F)c1Nc1ccc(F)cc1F. The molecule has 0 heterocycles. The van der Waals surface area contributed by atoms with Gasteiger partial charge in [0.15, 0.2) is 11.6 Å². The average molecular weight is 256 g/mol. The molecule has 0 saturated carbocycles. The fourth-order valence-corrected chi connectivity index (χ4v) is 1.42. The summed E-state index contributed by atoms with van der Waals surface area (Å²) in [5.74, 6) is -4.04. The fourth-order valence-electron chi connectivity index (χ4n) is 1.42. The molecule has 2 aromatic carbocycles. The van der Waals surface area contributed by atoms with E-state index < -0.39 is 23.3 Å². The quantitative estimate of drug-likeness (QED) is 0.636. The van der Waals surface area contributed by atoms with E-state index >= 15 is 0 Å². The number of rotatable bonds is 2. The topological polar surface area (TPSA) is 38.0 Å². The van der Waals surface area contributed by atoms with E-state index in [0.29, 0.717) is 6.07 Å². The average Bonchev–Trinajstić information content (AvgIpc) is 2.32. The second-order valence-electron chi connectivity index (χ2n) is 3.57. The minimum Gasteiger partial charge on any atom is -0.397 e. The summed E-state index contributed by atoms with van der Waals surface area (Å²) in [4.78, 5) is 0. The Kier molecular flexibility index (Phi) is 3.10. The van der Waals surface area contributed by atoms with Crippen LogP contribution in [0.3, 0.4) is 0 Å². The number of hydrogen-bond donors (Lipinski definition) is 2. The minimum atomic E-state index is -1.22. The second-order valence-corrected chi connectivity index (χ2v) is 3.57. The van der Waals surface area contributed by atoms with Crippen molar-refractivity contribution in [3.05, 3.63) is 53.6 Å². The van der Waals surface area contributed by atoms with Crippen molar-refractivity contribution in [1.82, 2.24) is 0 Å². The minimum absolute atomic E-state index is 0.0855. The third-order valence-electron chi connectivity index (χ3n) is 2.32. The number of nitrogen functional groups attached to an aromatic ring is 1. The van der Waals surface area contributed by atoms with Crippen LogP contribution in [0.1, 0.15) is 0 Å². The Morgan fingerprint density at radius 2 is 1.61 bits per heavy atom. The van der Waals surface area contributed by atoms with Crippen LogP contribution in [-0.2, 0) is 0 Å². The van der Waals surface area contributed by atoms with Gasteiger partial charge in [-0.05, 0) is 24.3 Å². The molecule has 2 aromatic rings. The summed E-state index contributed by atoms with van der Waals surface area (Å²) in [6.45, 7) is 0. The molecule has 0 amide bonds. The fraction of sp³-hybridized carbons (Fsp3) is 0. The van der Waals surface area contributed by atoms with Crippen LogP contribution >= 0.6 is 0 Å². The van der Waals surface area contributed by atoms with Gasteiger partial charge >= 0.3 is 0 Å². The molecule has 0 atom stereocenters. The van der Waals surface area contributed by atoms with E-state index in [1.807, 2.05) is 0 Å². The smallest absolute Gasteiger partial charge is 0.184 e. The van der Waals surface area contributed by atoms with Gasteiger partial charge < -0.3 is 11.1 Å². The molecule has 0 bridgehead atoms. The van der Waals surface area contributed by atoms with Crippen LogP contribution in [0.15, 0.2) is 30.3 Å². The van der Waals surface area contributed by atoms with Crippen LogP contribution in [0.2, 0.25) is 0 Å². The summed E-state index contributed by atoms with van der Waals surface area (Å²) >= 11 is 0. The lowest BCUT2D eigenvalue weighted by molar-refractivity contribution is 0.512. The molecular weight excluding hydrogens is 248 g/mol. The van der Waals surface area contributed by atoms with Crippen LogP contribution in [0, 0.1) is 23.3 Å². The Balaban J connectivity index is 2.43. The molecular formula is C12H8F4N2. The van der Waals surface area contributed by atoms with E-state index in [-0.39, 0.29) is 17.1 Å². The van der Waals surface area contributed by atoms with Crippen molar-refractivity contribution >= 4 is 17.1 Å². The number of anilines is 3. The van der Waals surface area contributed by atoms with Crippen molar-refractivity contribution in [2.24, 2.45) is 0 Å². The van der Waals surface area contributed by atoms with Crippen LogP contribution < -0.4 is 11.1 Å². The van der Waals surface area contributed by atoms with E-state index in [4.69, 9.17) is 5.73 Å². The number of hydrogen-bond acceptors (Lipinski definition) is 2. The third kappa shape index (κ3) is 2.22. The number of benzene rings is 2. The van der Waals surface area contributed by atoms with Crippen molar-refractivity contribution in [1.29, 1.82) is 0 Å². The molecule has 0 fully saturated rings. The Labute approximate surface area is 100 Å². The number of halogens is 4. The van der Waals surface area contributed by atoms with E-state index in [1.165, 1.54) is 0 Å². The molecule has 3 N–H and O–H groups in total. The zero-order valence-corrected chi connectivity index (χ0v) is 8.98. The molecule has 0 spiro atoms. The highest BCUT2D eigenvalue weighted by Crippen LogP contribution is 2.29. The Morgan fingerprint density at radius 3 is 2.28 bits per heavy atom. The monoisotopic (exact) mass is 256 g/mol. The molecule has 0 aromatic heterocycles. The lowest BCUT2D eigenvalue weighted by Gasteiger charge is -2.11. The molecule has 2 rings (SSSR count). The van der Waals surface area contributed by atoms with Gasteiger partial charge in [0.1, 0.15) is 17.3 Å². The van der Waals surface area contributed by atoms with Gasteiger partial charge in [-0.15, -0.1) is 0 Å². The second kappa shape index (κ2) is 4.56. The lowest BCUT2D eigenvalue weighted by atomic mass is 10.2. The molecule has 0 aliphatic heterocycles. The Bertz CT molecular complexity index is 599. The van der Waals surface area contributed by atoms with Gasteiger partial charge in [-0.3, -0.25) is 0 Å². The van der Waals surface area contributed by atoms with E-state index in [1.54, 1.807) is 0 Å². The molecule has 0 unspecified atom stereocenters. The van der Waals surface area contributed by atoms with Gasteiger partial charge in [-0.2, -0.15) is 0 Å². The maximum atomic E-state index is 13.4. The lowest BCUT2D eigenvalue weighted by Crippen LogP contribution is -2.03. The first kappa shape index (κ1) is 12.2. The predicted molar refractivity (Wildman–Crippen MR) is 60.4 cm³/mol. The molecule has 0 aliphatic rings. The third-order valence-corrected chi connectivity index (χ3v) is 2.32. The van der Waals surface area contributed by atoms with Crippen molar-refractivity contribution in [2.45, 2.75) is 0 Å². The summed E-state index contributed by atoms with van der Waals surface area (Å²) in [5.41, 5.74) is 4.78. The summed E-state index contributed by atoms with van der Waals surface area (Å²) in [6, 6.07) is 4.67. The zero-order chi connectivity index (χ0) is 13.3. The maximum Gasteiger partial charge on any atom is 0.184 e. The van der Waals surface area contributed by atoms with Gasteiger partial charge in [0, 0.05) is 6.07 Å². The van der Waals surface area contributed by atoms with Crippen LogP contribution in [-0.4, -0.2) is 0 Å². The highest BCUT2D eigenvalue weighted by molar-refractivity contribution is 5.73. The van der Waals surface area contributed by atoms with Gasteiger partial charge in [0.05, 0.1) is 11.4 Å².